The normalized spacial score (nSPS) is 11.0. The van der Waals surface area contributed by atoms with Crippen LogP contribution >= 0.6 is 0 Å². The fourth-order valence-corrected chi connectivity index (χ4v) is 17.3. The first-order valence-corrected chi connectivity index (χ1v) is 44.2. The topological polar surface area (TPSA) is 116 Å². The lowest BCUT2D eigenvalue weighted by atomic mass is 9.90. The molecule has 17 aromatic carbocycles. The lowest BCUT2D eigenvalue weighted by Gasteiger charge is -2.15. The highest BCUT2D eigenvalue weighted by Gasteiger charge is 2.20. The minimum atomic E-state index is 0.700. The molecule has 0 radical (unpaired) electrons. The third kappa shape index (κ3) is 18.2. The van der Waals surface area contributed by atoms with Gasteiger partial charge in [-0.2, -0.15) is 0 Å². The molecule has 0 unspecified atom stereocenters. The van der Waals surface area contributed by atoms with Crippen molar-refractivity contribution in [1.29, 1.82) is 0 Å². The summed E-state index contributed by atoms with van der Waals surface area (Å²) >= 11 is 0. The fourth-order valence-electron chi connectivity index (χ4n) is 17.3. The van der Waals surface area contributed by atoms with Crippen molar-refractivity contribution in [2.45, 2.75) is 0 Å². The maximum atomic E-state index is 5.13. The van der Waals surface area contributed by atoms with Gasteiger partial charge in [-0.1, -0.05) is 340 Å². The third-order valence-electron chi connectivity index (χ3n) is 23.8. The Kier molecular flexibility index (Phi) is 23.3. The van der Waals surface area contributed by atoms with Crippen molar-refractivity contribution in [2.24, 2.45) is 0 Å². The Hall–Kier alpha value is -17.8. The van der Waals surface area contributed by atoms with E-state index in [4.69, 9.17) is 15.0 Å². The van der Waals surface area contributed by atoms with Gasteiger partial charge >= 0.3 is 0 Å². The molecule has 23 aromatic rings. The van der Waals surface area contributed by atoms with Gasteiger partial charge in [0.1, 0.15) is 0 Å². The predicted octanol–water partition coefficient (Wildman–Crippen LogP) is 31.4. The van der Waals surface area contributed by atoms with E-state index < -0.39 is 0 Å². The summed E-state index contributed by atoms with van der Waals surface area (Å²) in [6.45, 7) is 0. The summed E-state index contributed by atoms with van der Waals surface area (Å²) in [6, 6.07) is 164. The van der Waals surface area contributed by atoms with E-state index in [0.717, 1.165) is 157 Å². The number of hydrogen-bond acceptors (Lipinski definition) is 9. The molecule has 0 spiro atoms. The van der Waals surface area contributed by atoms with Gasteiger partial charge in [0.15, 0.2) is 17.5 Å². The molecule has 0 saturated heterocycles. The number of hydrogen-bond donors (Lipinski definition) is 0. The second-order valence-corrected chi connectivity index (χ2v) is 32.5. The van der Waals surface area contributed by atoms with Crippen molar-refractivity contribution in [1.82, 2.24) is 44.9 Å². The van der Waals surface area contributed by atoms with Gasteiger partial charge in [0.2, 0.25) is 0 Å². The molecular formula is C123H83N9. The van der Waals surface area contributed by atoms with E-state index in [1.54, 1.807) is 37.2 Å². The number of aromatic nitrogens is 9. The molecule has 0 aliphatic carbocycles. The van der Waals surface area contributed by atoms with E-state index in [1.807, 2.05) is 54.6 Å². The van der Waals surface area contributed by atoms with Crippen LogP contribution in [-0.4, -0.2) is 44.9 Å². The van der Waals surface area contributed by atoms with Crippen LogP contribution in [0.25, 0.3) is 223 Å². The highest BCUT2D eigenvalue weighted by Crippen LogP contribution is 2.44. The van der Waals surface area contributed by atoms with Gasteiger partial charge in [-0.3, -0.25) is 0 Å². The van der Waals surface area contributed by atoms with Gasteiger partial charge in [-0.05, 0) is 249 Å². The number of nitrogens with zero attached hydrogens (tertiary/aromatic N) is 9. The molecule has 6 heterocycles. The molecule has 0 atom stereocenters. The Morgan fingerprint density at radius 2 is 0.333 bits per heavy atom. The van der Waals surface area contributed by atoms with Crippen LogP contribution < -0.4 is 0 Å². The second kappa shape index (κ2) is 37.8. The number of benzene rings is 17. The molecule has 6 aromatic heterocycles. The van der Waals surface area contributed by atoms with Gasteiger partial charge in [0, 0.05) is 87.3 Å². The summed E-state index contributed by atoms with van der Waals surface area (Å²) < 4.78 is 0. The lowest BCUT2D eigenvalue weighted by Crippen LogP contribution is -1.93. The molecule has 620 valence electrons. The zero-order chi connectivity index (χ0) is 88.1. The SMILES string of the molecule is c1ccc(-c2cc(-c3cc(-c4cccc(-c5ncccn5)c4)cc(-c4ccc5ccccc5c4)c3)cc(-c3ccccc3)n2)cc1.c1ccc(-c2cc(-c3cc(-c4cccc(-c5ncccn5)c4)cc(-c4cccc5ccccc45)c3)cc(-c3ccccc3)n2)cc1.c1ccc(-c2cc(-c3cc(-c4ncccn4)cc(-c4cccc5ccccc45)c3)cc(-c3ccccc3)n2)cc1. The monoisotopic (exact) mass is 1690 g/mol. The van der Waals surface area contributed by atoms with Gasteiger partial charge in [-0.15, -0.1) is 0 Å². The van der Waals surface area contributed by atoms with Gasteiger partial charge < -0.3 is 0 Å². The van der Waals surface area contributed by atoms with E-state index in [1.165, 1.54) is 49.0 Å². The Morgan fingerprint density at radius 1 is 0.114 bits per heavy atom. The largest absolute Gasteiger partial charge is 0.248 e. The number of pyridine rings is 3. The molecule has 0 amide bonds. The average molecular weight is 1690 g/mol. The van der Waals surface area contributed by atoms with E-state index in [9.17, 15) is 0 Å². The zero-order valence-corrected chi connectivity index (χ0v) is 71.9. The molecule has 0 aliphatic heterocycles. The molecule has 132 heavy (non-hydrogen) atoms. The molecule has 23 rings (SSSR count). The van der Waals surface area contributed by atoms with E-state index >= 15 is 0 Å². The molecule has 9 nitrogen and oxygen atoms in total. The Balaban J connectivity index is 0.000000120. The first kappa shape index (κ1) is 81.3. The summed E-state index contributed by atoms with van der Waals surface area (Å²) in [4.78, 5) is 42.5. The first-order chi connectivity index (χ1) is 65.4. The van der Waals surface area contributed by atoms with E-state index in [2.05, 4.69) is 442 Å². The Bertz CT molecular complexity index is 7840. The molecule has 0 N–H and O–H groups in total. The molecule has 0 bridgehead atoms. The summed E-state index contributed by atoms with van der Waals surface area (Å²) in [5.74, 6) is 2.12. The van der Waals surface area contributed by atoms with Crippen LogP contribution in [0.3, 0.4) is 0 Å². The molecule has 9 heteroatoms. The highest BCUT2D eigenvalue weighted by atomic mass is 14.9. The predicted molar refractivity (Wildman–Crippen MR) is 544 cm³/mol. The lowest BCUT2D eigenvalue weighted by molar-refractivity contribution is 1.18. The maximum Gasteiger partial charge on any atom is 0.159 e. The standard InChI is InChI=1S/2C43H29N3.C37H25N3/c1-3-13-31(14-4-1)41-28-37(29-42(46-41)32-15-5-2-6-16-32)36-25-35(33-18-9-19-34(24-33)43-44-22-11-23-45-43)26-38(27-36)40-21-10-17-30-12-7-8-20-39(30)40;1-3-12-31(13-4-1)41-28-40(29-42(46-41)32-14-5-2-6-15-32)39-26-37(34-17-9-18-36(24-34)43-44-21-10-22-45-43)25-38(27-39)35-20-19-30-11-7-8-16-33(30)23-35;1-3-12-27(13-4-1)35-24-30(25-36(40-35)28-14-5-2-6-15-28)29-21-31(23-32(22-29)37-38-19-10-20-39-37)34-18-9-16-26-11-7-8-17-33(26)34/h2*1-29H;1-25H. The van der Waals surface area contributed by atoms with Crippen molar-refractivity contribution >= 4 is 32.3 Å². The van der Waals surface area contributed by atoms with Gasteiger partial charge in [0.25, 0.3) is 0 Å². The summed E-state index contributed by atoms with van der Waals surface area (Å²) in [5.41, 5.74) is 33.2. The first-order valence-electron chi connectivity index (χ1n) is 44.2. The molecule has 0 saturated carbocycles. The summed E-state index contributed by atoms with van der Waals surface area (Å²) in [7, 11) is 0. The Morgan fingerprint density at radius 3 is 0.674 bits per heavy atom. The molecule has 0 fully saturated rings. The van der Waals surface area contributed by atoms with Crippen LogP contribution in [0.1, 0.15) is 0 Å². The number of fused-ring (bicyclic) bond motifs is 3. The quantitative estimate of drug-likeness (QED) is 0.0879. The number of rotatable bonds is 17. The third-order valence-corrected chi connectivity index (χ3v) is 23.8. The van der Waals surface area contributed by atoms with Crippen LogP contribution in [-0.2, 0) is 0 Å². The van der Waals surface area contributed by atoms with E-state index in [-0.39, 0.29) is 0 Å². The van der Waals surface area contributed by atoms with Crippen LogP contribution in [0.15, 0.2) is 504 Å². The summed E-state index contributed by atoms with van der Waals surface area (Å²) in [6.07, 6.45) is 10.7. The van der Waals surface area contributed by atoms with Crippen molar-refractivity contribution in [3.05, 3.63) is 504 Å². The van der Waals surface area contributed by atoms with Crippen molar-refractivity contribution in [2.75, 3.05) is 0 Å². The van der Waals surface area contributed by atoms with Crippen molar-refractivity contribution in [3.8, 4) is 191 Å². The second-order valence-electron chi connectivity index (χ2n) is 32.5. The Labute approximate surface area is 767 Å². The minimum Gasteiger partial charge on any atom is -0.248 e. The fraction of sp³-hybridized carbons (Fsp3) is 0. The maximum absolute atomic E-state index is 5.13. The van der Waals surface area contributed by atoms with Gasteiger partial charge in [0.05, 0.1) is 34.2 Å². The van der Waals surface area contributed by atoms with Crippen molar-refractivity contribution in [3.63, 3.8) is 0 Å². The van der Waals surface area contributed by atoms with Crippen molar-refractivity contribution < 1.29 is 0 Å². The van der Waals surface area contributed by atoms with Crippen LogP contribution in [0.2, 0.25) is 0 Å². The highest BCUT2D eigenvalue weighted by molar-refractivity contribution is 6.01. The smallest absolute Gasteiger partial charge is 0.159 e. The minimum absolute atomic E-state index is 0.700. The molecular weight excluding hydrogens is 1600 g/mol. The van der Waals surface area contributed by atoms with Gasteiger partial charge in [-0.25, -0.2) is 44.9 Å². The van der Waals surface area contributed by atoms with Crippen LogP contribution in [0.5, 0.6) is 0 Å². The molecule has 0 aliphatic rings. The van der Waals surface area contributed by atoms with E-state index in [0.29, 0.717) is 17.5 Å². The summed E-state index contributed by atoms with van der Waals surface area (Å²) in [5, 5.41) is 7.32. The van der Waals surface area contributed by atoms with Crippen LogP contribution in [0.4, 0.5) is 0 Å². The average Bonchev–Trinajstić information content (AvgIpc) is 0.771. The van der Waals surface area contributed by atoms with Crippen LogP contribution in [0, 0.1) is 0 Å². The zero-order valence-electron chi connectivity index (χ0n) is 71.9.